The highest BCUT2D eigenvalue weighted by Crippen LogP contribution is 2.21. The quantitative estimate of drug-likeness (QED) is 0.945. The molecule has 0 fully saturated rings. The van der Waals surface area contributed by atoms with Gasteiger partial charge < -0.3 is 5.73 Å². The summed E-state index contributed by atoms with van der Waals surface area (Å²) in [6.45, 7) is 2.45. The average molecular weight is 320 g/mol. The molecule has 0 radical (unpaired) electrons. The summed E-state index contributed by atoms with van der Waals surface area (Å²) in [6, 6.07) is 10.8. The smallest absolute Gasteiger partial charge is 0.260 e. The standard InChI is InChI=1S/C14H14BrN3O/c1-2-18(13-8-7-10(16)9-17-13)14(19)11-5-3-4-6-12(11)15/h3-9H,2,16H2,1H3. The molecule has 1 amide bonds. The van der Waals surface area contributed by atoms with Gasteiger partial charge in [0.2, 0.25) is 0 Å². The van der Waals surface area contributed by atoms with Crippen LogP contribution in [0.1, 0.15) is 17.3 Å². The first-order valence-electron chi connectivity index (χ1n) is 5.91. The van der Waals surface area contributed by atoms with Crippen LogP contribution in [0.5, 0.6) is 0 Å². The van der Waals surface area contributed by atoms with Crippen molar-refractivity contribution in [3.63, 3.8) is 0 Å². The summed E-state index contributed by atoms with van der Waals surface area (Å²) in [6.07, 6.45) is 1.55. The van der Waals surface area contributed by atoms with E-state index in [1.165, 1.54) is 0 Å². The molecular formula is C14H14BrN3O. The zero-order chi connectivity index (χ0) is 13.8. The fourth-order valence-corrected chi connectivity index (χ4v) is 2.20. The monoisotopic (exact) mass is 319 g/mol. The molecule has 1 aromatic heterocycles. The molecule has 1 heterocycles. The lowest BCUT2D eigenvalue weighted by molar-refractivity contribution is 0.0987. The van der Waals surface area contributed by atoms with Gasteiger partial charge in [-0.05, 0) is 47.1 Å². The van der Waals surface area contributed by atoms with E-state index < -0.39 is 0 Å². The van der Waals surface area contributed by atoms with Crippen molar-refractivity contribution in [3.8, 4) is 0 Å². The van der Waals surface area contributed by atoms with Crippen molar-refractivity contribution in [2.24, 2.45) is 0 Å². The van der Waals surface area contributed by atoms with Gasteiger partial charge in [-0.25, -0.2) is 4.98 Å². The summed E-state index contributed by atoms with van der Waals surface area (Å²) in [5, 5.41) is 0. The topological polar surface area (TPSA) is 59.2 Å². The highest BCUT2D eigenvalue weighted by atomic mass is 79.9. The lowest BCUT2D eigenvalue weighted by Gasteiger charge is -2.20. The van der Waals surface area contributed by atoms with Crippen LogP contribution in [0.3, 0.4) is 0 Å². The Morgan fingerprint density at radius 3 is 2.63 bits per heavy atom. The molecule has 1 aromatic carbocycles. The number of carbonyl (C=O) groups excluding carboxylic acids is 1. The molecule has 0 aliphatic rings. The van der Waals surface area contributed by atoms with Gasteiger partial charge in [0, 0.05) is 11.0 Å². The van der Waals surface area contributed by atoms with Crippen molar-refractivity contribution in [1.29, 1.82) is 0 Å². The Labute approximate surface area is 120 Å². The number of nitrogens with zero attached hydrogens (tertiary/aromatic N) is 2. The van der Waals surface area contributed by atoms with Crippen LogP contribution in [0.2, 0.25) is 0 Å². The molecule has 2 rings (SSSR count). The maximum Gasteiger partial charge on any atom is 0.260 e. The van der Waals surface area contributed by atoms with Crippen molar-refractivity contribution in [3.05, 3.63) is 52.6 Å². The van der Waals surface area contributed by atoms with Gasteiger partial charge in [-0.1, -0.05) is 12.1 Å². The summed E-state index contributed by atoms with van der Waals surface area (Å²) in [7, 11) is 0. The molecule has 0 spiro atoms. The van der Waals surface area contributed by atoms with E-state index in [-0.39, 0.29) is 5.91 Å². The maximum absolute atomic E-state index is 12.5. The number of halogens is 1. The molecule has 0 aliphatic carbocycles. The van der Waals surface area contributed by atoms with E-state index in [4.69, 9.17) is 5.73 Å². The van der Waals surface area contributed by atoms with Gasteiger partial charge in [-0.2, -0.15) is 0 Å². The van der Waals surface area contributed by atoms with Gasteiger partial charge in [0.05, 0.1) is 17.4 Å². The first kappa shape index (κ1) is 13.5. The molecule has 19 heavy (non-hydrogen) atoms. The average Bonchev–Trinajstić information content (AvgIpc) is 2.42. The number of amides is 1. The third kappa shape index (κ3) is 2.93. The third-order valence-electron chi connectivity index (χ3n) is 2.71. The number of hydrogen-bond acceptors (Lipinski definition) is 3. The molecule has 98 valence electrons. The zero-order valence-electron chi connectivity index (χ0n) is 10.5. The number of carbonyl (C=O) groups is 1. The van der Waals surface area contributed by atoms with Crippen LogP contribution >= 0.6 is 15.9 Å². The molecule has 4 nitrogen and oxygen atoms in total. The molecule has 0 atom stereocenters. The van der Waals surface area contributed by atoms with Crippen molar-refractivity contribution in [2.75, 3.05) is 17.2 Å². The normalized spacial score (nSPS) is 10.2. The fourth-order valence-electron chi connectivity index (χ4n) is 1.75. The minimum Gasteiger partial charge on any atom is -0.397 e. The Bertz CT molecular complexity index is 583. The second kappa shape index (κ2) is 5.84. The van der Waals surface area contributed by atoms with Crippen LogP contribution in [0, 0.1) is 0 Å². The molecular weight excluding hydrogens is 306 g/mol. The predicted octanol–water partition coefficient (Wildman–Crippen LogP) is 3.09. The van der Waals surface area contributed by atoms with E-state index in [1.807, 2.05) is 25.1 Å². The Kier molecular flexibility index (Phi) is 4.16. The predicted molar refractivity (Wildman–Crippen MR) is 80.1 cm³/mol. The summed E-state index contributed by atoms with van der Waals surface area (Å²) >= 11 is 3.39. The van der Waals surface area contributed by atoms with Gasteiger partial charge >= 0.3 is 0 Å². The van der Waals surface area contributed by atoms with E-state index in [0.29, 0.717) is 23.6 Å². The van der Waals surface area contributed by atoms with Crippen molar-refractivity contribution in [2.45, 2.75) is 6.92 Å². The van der Waals surface area contributed by atoms with Crippen molar-refractivity contribution in [1.82, 2.24) is 4.98 Å². The van der Waals surface area contributed by atoms with Gasteiger partial charge in [0.15, 0.2) is 0 Å². The Morgan fingerprint density at radius 1 is 1.32 bits per heavy atom. The Morgan fingerprint density at radius 2 is 2.05 bits per heavy atom. The molecule has 0 aliphatic heterocycles. The number of benzene rings is 1. The number of hydrogen-bond donors (Lipinski definition) is 1. The highest BCUT2D eigenvalue weighted by molar-refractivity contribution is 9.10. The zero-order valence-corrected chi connectivity index (χ0v) is 12.1. The largest absolute Gasteiger partial charge is 0.397 e. The number of aromatic nitrogens is 1. The van der Waals surface area contributed by atoms with Gasteiger partial charge in [-0.3, -0.25) is 9.69 Å². The lowest BCUT2D eigenvalue weighted by Crippen LogP contribution is -2.31. The van der Waals surface area contributed by atoms with Crippen LogP contribution in [0.25, 0.3) is 0 Å². The molecule has 0 saturated carbocycles. The van der Waals surface area contributed by atoms with Crippen LogP contribution < -0.4 is 10.6 Å². The Balaban J connectivity index is 2.35. The SMILES string of the molecule is CCN(C(=O)c1ccccc1Br)c1ccc(N)cn1. The first-order valence-corrected chi connectivity index (χ1v) is 6.70. The van der Waals surface area contributed by atoms with Crippen molar-refractivity contribution < 1.29 is 4.79 Å². The lowest BCUT2D eigenvalue weighted by atomic mass is 10.2. The van der Waals surface area contributed by atoms with E-state index in [9.17, 15) is 4.79 Å². The second-order valence-corrected chi connectivity index (χ2v) is 4.83. The summed E-state index contributed by atoms with van der Waals surface area (Å²) in [4.78, 5) is 18.3. The van der Waals surface area contributed by atoms with Gasteiger partial charge in [0.1, 0.15) is 5.82 Å². The van der Waals surface area contributed by atoms with Crippen LogP contribution in [-0.4, -0.2) is 17.4 Å². The minimum absolute atomic E-state index is 0.0905. The summed E-state index contributed by atoms with van der Waals surface area (Å²) < 4.78 is 0.772. The summed E-state index contributed by atoms with van der Waals surface area (Å²) in [5.41, 5.74) is 6.80. The fraction of sp³-hybridized carbons (Fsp3) is 0.143. The molecule has 2 N–H and O–H groups in total. The number of nitrogens with two attached hydrogens (primary N) is 1. The molecule has 0 bridgehead atoms. The molecule has 0 unspecified atom stereocenters. The van der Waals surface area contributed by atoms with E-state index in [1.54, 1.807) is 29.3 Å². The molecule has 2 aromatic rings. The van der Waals surface area contributed by atoms with Crippen molar-refractivity contribution >= 4 is 33.3 Å². The second-order valence-electron chi connectivity index (χ2n) is 3.98. The van der Waals surface area contributed by atoms with Crippen LogP contribution in [0.4, 0.5) is 11.5 Å². The number of pyridine rings is 1. The van der Waals surface area contributed by atoms with Crippen LogP contribution in [0.15, 0.2) is 47.1 Å². The number of anilines is 2. The number of nitrogen functional groups attached to an aromatic ring is 1. The summed E-state index contributed by atoms with van der Waals surface area (Å²) in [5.74, 6) is 0.504. The Hall–Kier alpha value is -1.88. The molecule has 5 heteroatoms. The van der Waals surface area contributed by atoms with E-state index in [0.717, 1.165) is 4.47 Å². The van der Waals surface area contributed by atoms with E-state index >= 15 is 0 Å². The molecule has 0 saturated heterocycles. The van der Waals surface area contributed by atoms with Gasteiger partial charge in [0.25, 0.3) is 5.91 Å². The maximum atomic E-state index is 12.5. The highest BCUT2D eigenvalue weighted by Gasteiger charge is 2.18. The minimum atomic E-state index is -0.0905. The van der Waals surface area contributed by atoms with E-state index in [2.05, 4.69) is 20.9 Å². The first-order chi connectivity index (χ1) is 9.13. The van der Waals surface area contributed by atoms with Gasteiger partial charge in [-0.15, -0.1) is 0 Å². The third-order valence-corrected chi connectivity index (χ3v) is 3.40. The van der Waals surface area contributed by atoms with Crippen LogP contribution in [-0.2, 0) is 0 Å². The number of rotatable bonds is 3.